The topological polar surface area (TPSA) is 59.1 Å². The van der Waals surface area contributed by atoms with Crippen molar-refractivity contribution in [3.05, 3.63) is 5.69 Å². The van der Waals surface area contributed by atoms with Gasteiger partial charge in [0.2, 0.25) is 0 Å². The maximum Gasteiger partial charge on any atom is 0.148 e. The van der Waals surface area contributed by atoms with Gasteiger partial charge in [-0.2, -0.15) is 5.10 Å². The standard InChI is InChI=1S/C13H23N5/c1-3-18-13(12(14)9(2)16-18)15-10-6-8-17-7-4-5-11(10)17/h10-11,15H,3-8,14H2,1-2H3. The number of nitrogens with one attached hydrogen (secondary N) is 1. The molecule has 5 nitrogen and oxygen atoms in total. The van der Waals surface area contributed by atoms with Crippen LogP contribution in [0.5, 0.6) is 0 Å². The molecule has 0 aliphatic carbocycles. The first-order valence-corrected chi connectivity index (χ1v) is 7.04. The summed E-state index contributed by atoms with van der Waals surface area (Å²) in [7, 11) is 0. The Labute approximate surface area is 108 Å². The molecule has 2 aliphatic rings. The first-order valence-electron chi connectivity index (χ1n) is 7.04. The largest absolute Gasteiger partial charge is 0.394 e. The Hall–Kier alpha value is -1.23. The van der Waals surface area contributed by atoms with E-state index in [0.717, 1.165) is 23.7 Å². The van der Waals surface area contributed by atoms with Crippen LogP contribution in [0.2, 0.25) is 0 Å². The Bertz CT molecular complexity index is 439. The van der Waals surface area contributed by atoms with E-state index < -0.39 is 0 Å². The van der Waals surface area contributed by atoms with Crippen LogP contribution in [0.3, 0.4) is 0 Å². The lowest BCUT2D eigenvalue weighted by Crippen LogP contribution is -2.34. The van der Waals surface area contributed by atoms with Crippen LogP contribution >= 0.6 is 0 Å². The predicted molar refractivity (Wildman–Crippen MR) is 73.7 cm³/mol. The summed E-state index contributed by atoms with van der Waals surface area (Å²) in [6, 6.07) is 1.24. The van der Waals surface area contributed by atoms with E-state index >= 15 is 0 Å². The van der Waals surface area contributed by atoms with Crippen molar-refractivity contribution >= 4 is 11.5 Å². The molecule has 18 heavy (non-hydrogen) atoms. The Morgan fingerprint density at radius 2 is 2.22 bits per heavy atom. The third-order valence-electron chi connectivity index (χ3n) is 4.40. The molecule has 2 unspecified atom stereocenters. The first-order chi connectivity index (χ1) is 8.70. The summed E-state index contributed by atoms with van der Waals surface area (Å²) in [6.07, 6.45) is 3.87. The van der Waals surface area contributed by atoms with Crippen LogP contribution in [0, 0.1) is 6.92 Å². The molecule has 0 saturated carbocycles. The van der Waals surface area contributed by atoms with Gasteiger partial charge in [0.15, 0.2) is 0 Å². The normalized spacial score (nSPS) is 27.7. The zero-order valence-electron chi connectivity index (χ0n) is 11.3. The molecule has 0 amide bonds. The highest BCUT2D eigenvalue weighted by molar-refractivity contribution is 5.65. The SMILES string of the molecule is CCn1nc(C)c(N)c1NC1CCN2CCCC12. The monoisotopic (exact) mass is 249 g/mol. The summed E-state index contributed by atoms with van der Waals surface area (Å²) >= 11 is 0. The molecule has 1 aromatic rings. The molecule has 1 aromatic heterocycles. The van der Waals surface area contributed by atoms with Gasteiger partial charge in [-0.15, -0.1) is 0 Å². The van der Waals surface area contributed by atoms with Crippen LogP contribution in [-0.2, 0) is 6.54 Å². The van der Waals surface area contributed by atoms with Gasteiger partial charge in [0.1, 0.15) is 5.82 Å². The van der Waals surface area contributed by atoms with Gasteiger partial charge < -0.3 is 11.1 Å². The van der Waals surface area contributed by atoms with Gasteiger partial charge in [0, 0.05) is 25.2 Å². The smallest absolute Gasteiger partial charge is 0.148 e. The average molecular weight is 249 g/mol. The lowest BCUT2D eigenvalue weighted by Gasteiger charge is -2.22. The number of aromatic nitrogens is 2. The molecule has 3 rings (SSSR count). The number of fused-ring (bicyclic) bond motifs is 1. The van der Waals surface area contributed by atoms with Crippen molar-refractivity contribution in [1.29, 1.82) is 0 Å². The maximum absolute atomic E-state index is 6.13. The molecule has 0 radical (unpaired) electrons. The minimum absolute atomic E-state index is 0.538. The van der Waals surface area contributed by atoms with Crippen molar-refractivity contribution in [2.45, 2.75) is 51.7 Å². The second-order valence-corrected chi connectivity index (χ2v) is 5.45. The molecule has 2 atom stereocenters. The van der Waals surface area contributed by atoms with Gasteiger partial charge >= 0.3 is 0 Å². The second-order valence-electron chi connectivity index (χ2n) is 5.45. The van der Waals surface area contributed by atoms with E-state index in [1.54, 1.807) is 0 Å². The van der Waals surface area contributed by atoms with E-state index in [2.05, 4.69) is 22.2 Å². The van der Waals surface area contributed by atoms with E-state index in [4.69, 9.17) is 5.73 Å². The van der Waals surface area contributed by atoms with Crippen LogP contribution < -0.4 is 11.1 Å². The second kappa shape index (κ2) is 4.46. The Morgan fingerprint density at radius 1 is 1.39 bits per heavy atom. The number of nitrogens with zero attached hydrogens (tertiary/aromatic N) is 3. The fourth-order valence-electron chi connectivity index (χ4n) is 3.40. The quantitative estimate of drug-likeness (QED) is 0.851. The third-order valence-corrected chi connectivity index (χ3v) is 4.40. The predicted octanol–water partition coefficient (Wildman–Crippen LogP) is 1.44. The molecule has 0 spiro atoms. The van der Waals surface area contributed by atoms with E-state index in [0.29, 0.717) is 12.1 Å². The minimum Gasteiger partial charge on any atom is -0.394 e. The van der Waals surface area contributed by atoms with Crippen LogP contribution in [0.25, 0.3) is 0 Å². The number of aryl methyl sites for hydroxylation is 2. The minimum atomic E-state index is 0.538. The fourth-order valence-corrected chi connectivity index (χ4v) is 3.40. The highest BCUT2D eigenvalue weighted by Crippen LogP contribution is 2.32. The van der Waals surface area contributed by atoms with Crippen molar-refractivity contribution in [3.63, 3.8) is 0 Å². The summed E-state index contributed by atoms with van der Waals surface area (Å²) < 4.78 is 1.99. The van der Waals surface area contributed by atoms with E-state index in [-0.39, 0.29) is 0 Å². The van der Waals surface area contributed by atoms with Gasteiger partial charge in [0.05, 0.1) is 11.4 Å². The number of hydrogen-bond donors (Lipinski definition) is 2. The molecule has 5 heteroatoms. The molecule has 3 N–H and O–H groups in total. The Kier molecular flexibility index (Phi) is 2.93. The summed E-state index contributed by atoms with van der Waals surface area (Å²) in [5, 5.41) is 8.13. The molecule has 0 bridgehead atoms. The number of nitrogens with two attached hydrogens (primary N) is 1. The molecule has 2 aliphatic heterocycles. The lowest BCUT2D eigenvalue weighted by molar-refractivity contribution is 0.318. The summed E-state index contributed by atoms with van der Waals surface area (Å²) in [4.78, 5) is 2.60. The first kappa shape index (κ1) is 11.8. The van der Waals surface area contributed by atoms with Crippen molar-refractivity contribution in [3.8, 4) is 0 Å². The molecule has 2 fully saturated rings. The van der Waals surface area contributed by atoms with Gasteiger partial charge in [-0.3, -0.25) is 4.90 Å². The van der Waals surface area contributed by atoms with E-state index in [1.807, 2.05) is 11.6 Å². The molecule has 0 aromatic carbocycles. The van der Waals surface area contributed by atoms with Crippen LogP contribution in [-0.4, -0.2) is 39.9 Å². The summed E-state index contributed by atoms with van der Waals surface area (Å²) in [5.74, 6) is 1.02. The number of hydrogen-bond acceptors (Lipinski definition) is 4. The van der Waals surface area contributed by atoms with Crippen molar-refractivity contribution < 1.29 is 0 Å². The highest BCUT2D eigenvalue weighted by Gasteiger charge is 2.37. The molecule has 2 saturated heterocycles. The van der Waals surface area contributed by atoms with E-state index in [9.17, 15) is 0 Å². The van der Waals surface area contributed by atoms with Crippen LogP contribution in [0.1, 0.15) is 31.9 Å². The van der Waals surface area contributed by atoms with Gasteiger partial charge in [0.25, 0.3) is 0 Å². The zero-order valence-corrected chi connectivity index (χ0v) is 11.3. The van der Waals surface area contributed by atoms with Gasteiger partial charge in [-0.05, 0) is 39.7 Å². The Morgan fingerprint density at radius 3 is 3.00 bits per heavy atom. The highest BCUT2D eigenvalue weighted by atomic mass is 15.4. The van der Waals surface area contributed by atoms with Gasteiger partial charge in [-0.1, -0.05) is 0 Å². The lowest BCUT2D eigenvalue weighted by atomic mass is 10.1. The molecule has 100 valence electrons. The zero-order chi connectivity index (χ0) is 12.7. The number of rotatable bonds is 3. The van der Waals surface area contributed by atoms with Crippen molar-refractivity contribution in [1.82, 2.24) is 14.7 Å². The average Bonchev–Trinajstić information content (AvgIpc) is 3.01. The van der Waals surface area contributed by atoms with E-state index in [1.165, 1.54) is 32.4 Å². The van der Waals surface area contributed by atoms with Crippen LogP contribution in [0.15, 0.2) is 0 Å². The summed E-state index contributed by atoms with van der Waals surface area (Å²) in [5.41, 5.74) is 7.88. The van der Waals surface area contributed by atoms with Crippen LogP contribution in [0.4, 0.5) is 11.5 Å². The third kappa shape index (κ3) is 1.77. The maximum atomic E-state index is 6.13. The number of nitrogen functional groups attached to an aromatic ring is 1. The Balaban J connectivity index is 1.80. The molecular weight excluding hydrogens is 226 g/mol. The van der Waals surface area contributed by atoms with Crippen molar-refractivity contribution in [2.24, 2.45) is 0 Å². The number of anilines is 2. The van der Waals surface area contributed by atoms with Gasteiger partial charge in [-0.25, -0.2) is 4.68 Å². The summed E-state index contributed by atoms with van der Waals surface area (Å²) in [6.45, 7) is 7.43. The molecular formula is C13H23N5. The fraction of sp³-hybridized carbons (Fsp3) is 0.769. The van der Waals surface area contributed by atoms with Crippen molar-refractivity contribution in [2.75, 3.05) is 24.1 Å². The molecule has 3 heterocycles.